The number of hydrogen-bond donors (Lipinski definition) is 9. The average molecular weight is 1090 g/mol. The maximum atomic E-state index is 13.3. The molecule has 0 aliphatic carbocycles. The minimum absolute atomic E-state index is 0.0334. The fourth-order valence-electron chi connectivity index (χ4n) is 9.10. The van der Waals surface area contributed by atoms with Gasteiger partial charge in [0.15, 0.2) is 5.78 Å². The first kappa shape index (κ1) is 66.4. The molecular weight excluding hydrogens is 1010 g/mol. The number of rotatable bonds is 10. The van der Waals surface area contributed by atoms with E-state index in [1.165, 1.54) is 19.1 Å². The Labute approximate surface area is 456 Å². The molecule has 15 atom stereocenters. The summed E-state index contributed by atoms with van der Waals surface area (Å²) < 4.78 is 17.2. The van der Waals surface area contributed by atoms with Crippen molar-refractivity contribution in [2.45, 2.75) is 178 Å². The number of carbonyl (C=O) groups is 7. The van der Waals surface area contributed by atoms with Crippen molar-refractivity contribution < 1.29 is 88.6 Å². The van der Waals surface area contributed by atoms with Crippen LogP contribution in [0.25, 0.3) is 0 Å². The molecule has 1 unspecified atom stereocenters. The second kappa shape index (κ2) is 34.9. The van der Waals surface area contributed by atoms with Crippen molar-refractivity contribution in [3.63, 3.8) is 0 Å². The fourth-order valence-corrected chi connectivity index (χ4v) is 9.10. The number of hydrogen-bond acceptors (Lipinski definition) is 18. The Morgan fingerprint density at radius 3 is 1.87 bits per heavy atom. The molecule has 0 aromatic heterocycles. The van der Waals surface area contributed by atoms with Gasteiger partial charge < -0.3 is 60.8 Å². The van der Waals surface area contributed by atoms with Crippen molar-refractivity contribution in [1.29, 1.82) is 0 Å². The number of nitrogen functional groups attached to an aromatic ring is 1. The van der Waals surface area contributed by atoms with Crippen LogP contribution in [0.5, 0.6) is 0 Å². The first-order valence-electron chi connectivity index (χ1n) is 26.6. The van der Waals surface area contributed by atoms with Crippen molar-refractivity contribution in [3.05, 3.63) is 115 Å². The van der Waals surface area contributed by atoms with Gasteiger partial charge in [-0.2, -0.15) is 0 Å². The summed E-state index contributed by atoms with van der Waals surface area (Å²) in [5.41, 5.74) is 6.69. The van der Waals surface area contributed by atoms with Gasteiger partial charge >= 0.3 is 11.9 Å². The standard InChI is InChI=1S/C59H81NO18/c1-36-19-15-13-11-9-7-5-6-8-10-12-14-16-24-47(77-59-56(73)55(72)54(71)39(4)76-59)34-51(69)53(58(74)75)50(68)32-46(65)31-45(64)30-43(62)22-17-20-42(61)21-18-23-44(63)33-52(70)78-57(36)38(3)29-37(2)48(66)35-49(67)40-25-27-41(60)28-26-40/h5-16,19,24-28,36-39,43,45,47-48,50-51,53-55,57,59,62,64,66,68-69,71-72H,17-18,20-23,29-35,60H2,1-4H3,(H,74,75)/t36-,37+,38-,39-,43+,45+,47+,48+,50-,51-,53-,54+,55?,57+,59-/m0/s1. The molecule has 3 rings (SSSR count). The van der Waals surface area contributed by atoms with Gasteiger partial charge in [0.25, 0.3) is 0 Å². The molecule has 0 spiro atoms. The van der Waals surface area contributed by atoms with E-state index in [2.05, 4.69) is 0 Å². The van der Waals surface area contributed by atoms with E-state index in [1.807, 2.05) is 26.8 Å². The zero-order valence-corrected chi connectivity index (χ0v) is 45.0. The summed E-state index contributed by atoms with van der Waals surface area (Å²) in [4.78, 5) is 89.9. The van der Waals surface area contributed by atoms with Crippen LogP contribution in [0.3, 0.4) is 0 Å². The van der Waals surface area contributed by atoms with Crippen molar-refractivity contribution in [2.24, 2.45) is 23.7 Å². The van der Waals surface area contributed by atoms with Crippen molar-refractivity contribution in [1.82, 2.24) is 0 Å². The Morgan fingerprint density at radius 2 is 1.27 bits per heavy atom. The van der Waals surface area contributed by atoms with Crippen molar-refractivity contribution >= 4 is 46.5 Å². The highest BCUT2D eigenvalue weighted by atomic mass is 16.7. The Balaban J connectivity index is 1.81. The normalized spacial score (nSPS) is 30.2. The van der Waals surface area contributed by atoms with Crippen LogP contribution < -0.4 is 5.73 Å². The van der Waals surface area contributed by atoms with Gasteiger partial charge in [0.1, 0.15) is 48.0 Å². The molecule has 1 saturated heterocycles. The smallest absolute Gasteiger partial charge is 0.313 e. The highest BCUT2D eigenvalue weighted by Crippen LogP contribution is 2.29. The van der Waals surface area contributed by atoms with Crippen LogP contribution in [0.4, 0.5) is 5.69 Å². The first-order chi connectivity index (χ1) is 37.0. The van der Waals surface area contributed by atoms with E-state index in [0.29, 0.717) is 17.7 Å². The van der Waals surface area contributed by atoms with Gasteiger partial charge in [0.2, 0.25) is 12.1 Å². The second-order valence-corrected chi connectivity index (χ2v) is 20.4. The monoisotopic (exact) mass is 1090 g/mol. The number of ether oxygens (including phenoxy) is 3. The molecule has 1 fully saturated rings. The molecule has 19 heteroatoms. The fraction of sp³-hybridized carbons (Fsp3) is 0.542. The van der Waals surface area contributed by atoms with Crippen molar-refractivity contribution in [2.75, 3.05) is 5.73 Å². The summed E-state index contributed by atoms with van der Waals surface area (Å²) in [6.45, 7) is 6.94. The molecule has 0 amide bonds. The number of carbonyl (C=O) groups excluding carboxylic acids is 6. The summed E-state index contributed by atoms with van der Waals surface area (Å²) in [5, 5.41) is 84.7. The summed E-state index contributed by atoms with van der Waals surface area (Å²) >= 11 is 0. The molecule has 0 radical (unpaired) electrons. The molecular formula is C59H81NO18. The molecule has 1 aromatic rings. The SMILES string of the molecule is C[C@H](C[C@H](C)[C@@H]1OC(=O)CC(=O)CCCC(=O)CCC[C@@H](O)C[C@@H](O)CC(=O)C[C@H](O)[C@H](C(=O)O)[C@@H](O)C[C@H](O[C@@H]2O[C@@H](C)[C@@H](O)C(O)C2=O)C=CC=CC=CC=CC=CC=CC=C[C@@H]1C)[C@H](O)CC(=O)c1ccc(N)cc1. The third-order valence-electron chi connectivity index (χ3n) is 13.6. The van der Waals surface area contributed by atoms with Crippen molar-refractivity contribution in [3.8, 4) is 0 Å². The van der Waals surface area contributed by atoms with E-state index in [0.717, 1.165) is 0 Å². The van der Waals surface area contributed by atoms with E-state index in [1.54, 1.807) is 91.1 Å². The van der Waals surface area contributed by atoms with Crippen LogP contribution in [0.1, 0.15) is 122 Å². The van der Waals surface area contributed by atoms with Crippen LogP contribution in [0.15, 0.2) is 109 Å². The van der Waals surface area contributed by atoms with Gasteiger partial charge in [-0.05, 0) is 75.1 Å². The molecule has 78 heavy (non-hydrogen) atoms. The van der Waals surface area contributed by atoms with E-state index < -0.39 is 128 Å². The maximum absolute atomic E-state index is 13.3. The quantitative estimate of drug-likeness (QED) is 0.0652. The number of aliphatic carboxylic acids is 1. The van der Waals surface area contributed by atoms with Gasteiger partial charge in [-0.1, -0.05) is 106 Å². The zero-order valence-electron chi connectivity index (χ0n) is 45.0. The minimum Gasteiger partial charge on any atom is -0.481 e. The first-order valence-corrected chi connectivity index (χ1v) is 26.6. The Bertz CT molecular complexity index is 2320. The topological polar surface area (TPSA) is 335 Å². The predicted octanol–water partition coefficient (Wildman–Crippen LogP) is 4.88. The largest absolute Gasteiger partial charge is 0.481 e. The van der Waals surface area contributed by atoms with Crippen LogP contribution in [0.2, 0.25) is 0 Å². The molecule has 0 saturated carbocycles. The number of ketones is 5. The molecule has 2 aliphatic heterocycles. The molecule has 1 aromatic carbocycles. The lowest BCUT2D eigenvalue weighted by atomic mass is 9.83. The lowest BCUT2D eigenvalue weighted by Gasteiger charge is -2.35. The zero-order chi connectivity index (χ0) is 57.9. The predicted molar refractivity (Wildman–Crippen MR) is 289 cm³/mol. The number of nitrogens with two attached hydrogens (primary N) is 1. The van der Waals surface area contributed by atoms with E-state index in [9.17, 15) is 74.4 Å². The Hall–Kier alpha value is -5.87. The average Bonchev–Trinajstić information content (AvgIpc) is 3.37. The number of allylic oxidation sites excluding steroid dienone is 12. The number of esters is 1. The number of aliphatic hydroxyl groups excluding tert-OH is 7. The minimum atomic E-state index is -1.95. The third kappa shape index (κ3) is 24.4. The molecule has 2 aliphatic rings. The number of cyclic esters (lactones) is 1. The maximum Gasteiger partial charge on any atom is 0.313 e. The highest BCUT2D eigenvalue weighted by molar-refractivity contribution is 5.97. The van der Waals surface area contributed by atoms with Gasteiger partial charge in [-0.3, -0.25) is 33.6 Å². The van der Waals surface area contributed by atoms with Crippen LogP contribution >= 0.6 is 0 Å². The van der Waals surface area contributed by atoms with Crippen LogP contribution in [-0.2, 0) is 43.0 Å². The van der Waals surface area contributed by atoms with E-state index in [4.69, 9.17) is 19.9 Å². The summed E-state index contributed by atoms with van der Waals surface area (Å²) in [6, 6.07) is 6.43. The molecule has 10 N–H and O–H groups in total. The highest BCUT2D eigenvalue weighted by Gasteiger charge is 2.44. The molecule has 430 valence electrons. The number of anilines is 1. The van der Waals surface area contributed by atoms with E-state index >= 15 is 0 Å². The number of aliphatic hydroxyl groups is 7. The number of carboxylic acids is 1. The van der Waals surface area contributed by atoms with Crippen LogP contribution in [-0.4, -0.2) is 149 Å². The summed E-state index contributed by atoms with van der Waals surface area (Å²) in [6.07, 6.45) is 6.26. The van der Waals surface area contributed by atoms with E-state index in [-0.39, 0.29) is 80.7 Å². The molecule has 0 bridgehead atoms. The lowest BCUT2D eigenvalue weighted by Crippen LogP contribution is -2.55. The number of Topliss-reactive ketones (excluding diaryl/α,β-unsaturated/α-hetero) is 5. The lowest BCUT2D eigenvalue weighted by molar-refractivity contribution is -0.239. The second-order valence-electron chi connectivity index (χ2n) is 20.4. The molecule has 2 heterocycles. The van der Waals surface area contributed by atoms with Crippen LogP contribution in [0, 0.1) is 23.7 Å². The number of benzene rings is 1. The summed E-state index contributed by atoms with van der Waals surface area (Å²) in [5.74, 6) is -8.03. The Morgan fingerprint density at radius 1 is 0.705 bits per heavy atom. The van der Waals surface area contributed by atoms with Gasteiger partial charge in [-0.25, -0.2) is 0 Å². The van der Waals surface area contributed by atoms with Gasteiger partial charge in [-0.15, -0.1) is 0 Å². The summed E-state index contributed by atoms with van der Waals surface area (Å²) in [7, 11) is 0. The van der Waals surface area contributed by atoms with Gasteiger partial charge in [0.05, 0.1) is 42.7 Å². The number of carboxylic acid groups (broad SMARTS) is 1. The van der Waals surface area contributed by atoms with Gasteiger partial charge in [0, 0.05) is 62.1 Å². The third-order valence-corrected chi connectivity index (χ3v) is 13.6. The molecule has 19 nitrogen and oxygen atoms in total. The Kier molecular flexibility index (Phi) is 29.7.